The predicted molar refractivity (Wildman–Crippen MR) is 74.5 cm³/mol. The molecule has 1 heterocycles. The first-order chi connectivity index (χ1) is 8.24. The molecular formula is C14H22N2S. The monoisotopic (exact) mass is 250 g/mol. The van der Waals surface area contributed by atoms with Crippen LogP contribution in [0.1, 0.15) is 32.3 Å². The summed E-state index contributed by atoms with van der Waals surface area (Å²) in [5.74, 6) is 1.84. The van der Waals surface area contributed by atoms with Gasteiger partial charge in [0.2, 0.25) is 0 Å². The summed E-state index contributed by atoms with van der Waals surface area (Å²) in [6.07, 6.45) is 7.84. The van der Waals surface area contributed by atoms with Crippen LogP contribution in [0.5, 0.6) is 0 Å². The molecule has 1 fully saturated rings. The van der Waals surface area contributed by atoms with Crippen molar-refractivity contribution in [1.82, 2.24) is 10.3 Å². The number of aromatic nitrogens is 1. The van der Waals surface area contributed by atoms with E-state index in [0.29, 0.717) is 5.92 Å². The van der Waals surface area contributed by atoms with Gasteiger partial charge in [-0.2, -0.15) is 0 Å². The van der Waals surface area contributed by atoms with Crippen molar-refractivity contribution in [2.24, 2.45) is 5.92 Å². The lowest BCUT2D eigenvalue weighted by Crippen LogP contribution is -2.19. The lowest BCUT2D eigenvalue weighted by atomic mass is 10.1. The molecule has 3 heteroatoms. The maximum absolute atomic E-state index is 4.32. The van der Waals surface area contributed by atoms with Crippen molar-refractivity contribution in [3.05, 3.63) is 24.0 Å². The van der Waals surface area contributed by atoms with E-state index in [9.17, 15) is 0 Å². The van der Waals surface area contributed by atoms with Gasteiger partial charge in [0.25, 0.3) is 0 Å². The molecule has 0 amide bonds. The van der Waals surface area contributed by atoms with Crippen LogP contribution in [0, 0.1) is 5.92 Å². The summed E-state index contributed by atoms with van der Waals surface area (Å²) < 4.78 is 0. The SMILES string of the molecule is CC(C)Cc1cncc(SCCNC2CC2)c1. The molecule has 1 aromatic rings. The zero-order valence-electron chi connectivity index (χ0n) is 10.8. The number of nitrogens with one attached hydrogen (secondary N) is 1. The van der Waals surface area contributed by atoms with Gasteiger partial charge in [-0.25, -0.2) is 0 Å². The largest absolute Gasteiger partial charge is 0.313 e. The molecule has 1 aliphatic carbocycles. The Hall–Kier alpha value is -0.540. The highest BCUT2D eigenvalue weighted by molar-refractivity contribution is 7.99. The number of thioether (sulfide) groups is 1. The van der Waals surface area contributed by atoms with Gasteiger partial charge in [-0.05, 0) is 36.8 Å². The summed E-state index contributed by atoms with van der Waals surface area (Å²) in [7, 11) is 0. The second kappa shape index (κ2) is 6.41. The smallest absolute Gasteiger partial charge is 0.0404 e. The van der Waals surface area contributed by atoms with Gasteiger partial charge in [0.05, 0.1) is 0 Å². The van der Waals surface area contributed by atoms with Gasteiger partial charge in [0.1, 0.15) is 0 Å². The lowest BCUT2D eigenvalue weighted by Gasteiger charge is -2.07. The molecule has 94 valence electrons. The molecule has 0 atom stereocenters. The minimum absolute atomic E-state index is 0.702. The first kappa shape index (κ1) is 12.9. The van der Waals surface area contributed by atoms with Crippen LogP contribution >= 0.6 is 11.8 Å². The Balaban J connectivity index is 1.74. The Bertz CT molecular complexity index is 348. The van der Waals surface area contributed by atoms with E-state index in [4.69, 9.17) is 0 Å². The van der Waals surface area contributed by atoms with Gasteiger partial charge >= 0.3 is 0 Å². The first-order valence-electron chi connectivity index (χ1n) is 6.54. The Kier molecular flexibility index (Phi) is 4.86. The van der Waals surface area contributed by atoms with E-state index < -0.39 is 0 Å². The van der Waals surface area contributed by atoms with Crippen LogP contribution in [0.4, 0.5) is 0 Å². The van der Waals surface area contributed by atoms with Gasteiger partial charge in [0, 0.05) is 35.6 Å². The van der Waals surface area contributed by atoms with Crippen molar-refractivity contribution >= 4 is 11.8 Å². The maximum Gasteiger partial charge on any atom is 0.0404 e. The molecule has 0 aliphatic heterocycles. The number of rotatable bonds is 7. The highest BCUT2D eigenvalue weighted by Gasteiger charge is 2.19. The summed E-state index contributed by atoms with van der Waals surface area (Å²) in [5, 5.41) is 3.53. The summed E-state index contributed by atoms with van der Waals surface area (Å²) in [6.45, 7) is 5.61. The van der Waals surface area contributed by atoms with Crippen LogP contribution in [-0.2, 0) is 6.42 Å². The van der Waals surface area contributed by atoms with Crippen molar-refractivity contribution in [2.45, 2.75) is 44.0 Å². The van der Waals surface area contributed by atoms with E-state index >= 15 is 0 Å². The third-order valence-electron chi connectivity index (χ3n) is 2.79. The minimum atomic E-state index is 0.702. The van der Waals surface area contributed by atoms with Crippen molar-refractivity contribution in [1.29, 1.82) is 0 Å². The molecule has 0 bridgehead atoms. The Morgan fingerprint density at radius 1 is 1.41 bits per heavy atom. The van der Waals surface area contributed by atoms with Crippen molar-refractivity contribution in [3.63, 3.8) is 0 Å². The second-order valence-electron chi connectivity index (χ2n) is 5.20. The fraction of sp³-hybridized carbons (Fsp3) is 0.643. The lowest BCUT2D eigenvalue weighted by molar-refractivity contribution is 0.644. The Labute approximate surface area is 109 Å². The van der Waals surface area contributed by atoms with Crippen LogP contribution in [0.3, 0.4) is 0 Å². The molecule has 2 rings (SSSR count). The zero-order chi connectivity index (χ0) is 12.1. The standard InChI is InChI=1S/C14H22N2S/c1-11(2)7-12-8-14(10-15-9-12)17-6-5-16-13-3-4-13/h8-11,13,16H,3-7H2,1-2H3. The average Bonchev–Trinajstić information content (AvgIpc) is 3.08. The molecule has 17 heavy (non-hydrogen) atoms. The number of hydrogen-bond donors (Lipinski definition) is 1. The maximum atomic E-state index is 4.32. The average molecular weight is 250 g/mol. The highest BCUT2D eigenvalue weighted by atomic mass is 32.2. The van der Waals surface area contributed by atoms with Crippen molar-refractivity contribution in [2.75, 3.05) is 12.3 Å². The summed E-state index contributed by atoms with van der Waals surface area (Å²) in [5.41, 5.74) is 1.36. The quantitative estimate of drug-likeness (QED) is 0.594. The van der Waals surface area contributed by atoms with Crippen molar-refractivity contribution in [3.8, 4) is 0 Å². The summed E-state index contributed by atoms with van der Waals surface area (Å²) >= 11 is 1.91. The van der Waals surface area contributed by atoms with Crippen LogP contribution in [0.15, 0.2) is 23.4 Å². The normalized spacial score (nSPS) is 15.5. The van der Waals surface area contributed by atoms with Gasteiger partial charge in [-0.3, -0.25) is 4.98 Å². The molecular weight excluding hydrogens is 228 g/mol. The Morgan fingerprint density at radius 3 is 2.94 bits per heavy atom. The molecule has 2 nitrogen and oxygen atoms in total. The molecule has 1 N–H and O–H groups in total. The number of nitrogens with zero attached hydrogens (tertiary/aromatic N) is 1. The fourth-order valence-corrected chi connectivity index (χ4v) is 2.67. The topological polar surface area (TPSA) is 24.9 Å². The van der Waals surface area contributed by atoms with Crippen LogP contribution in [0.25, 0.3) is 0 Å². The van der Waals surface area contributed by atoms with E-state index in [2.05, 4.69) is 30.2 Å². The zero-order valence-corrected chi connectivity index (χ0v) is 11.6. The van der Waals surface area contributed by atoms with E-state index in [1.807, 2.05) is 24.2 Å². The molecule has 1 saturated carbocycles. The van der Waals surface area contributed by atoms with Gasteiger partial charge in [0.15, 0.2) is 0 Å². The second-order valence-corrected chi connectivity index (χ2v) is 6.37. The molecule has 1 aromatic heterocycles. The van der Waals surface area contributed by atoms with E-state index in [1.54, 1.807) is 0 Å². The molecule has 0 radical (unpaired) electrons. The Morgan fingerprint density at radius 2 is 2.24 bits per heavy atom. The van der Waals surface area contributed by atoms with E-state index in [-0.39, 0.29) is 0 Å². The van der Waals surface area contributed by atoms with Gasteiger partial charge in [-0.1, -0.05) is 13.8 Å². The van der Waals surface area contributed by atoms with E-state index in [1.165, 1.54) is 23.3 Å². The molecule has 0 spiro atoms. The summed E-state index contributed by atoms with van der Waals surface area (Å²) in [6, 6.07) is 3.11. The highest BCUT2D eigenvalue weighted by Crippen LogP contribution is 2.21. The third-order valence-corrected chi connectivity index (χ3v) is 3.76. The van der Waals surface area contributed by atoms with Crippen LogP contribution in [0.2, 0.25) is 0 Å². The molecule has 0 aromatic carbocycles. The van der Waals surface area contributed by atoms with Crippen molar-refractivity contribution < 1.29 is 0 Å². The number of hydrogen-bond acceptors (Lipinski definition) is 3. The predicted octanol–water partition coefficient (Wildman–Crippen LogP) is 3.12. The molecule has 0 saturated heterocycles. The minimum Gasteiger partial charge on any atom is -0.313 e. The third kappa shape index (κ3) is 5.09. The van der Waals surface area contributed by atoms with Crippen LogP contribution in [-0.4, -0.2) is 23.3 Å². The molecule has 0 unspecified atom stereocenters. The fourth-order valence-electron chi connectivity index (χ4n) is 1.85. The van der Waals surface area contributed by atoms with Gasteiger partial charge in [-0.15, -0.1) is 11.8 Å². The van der Waals surface area contributed by atoms with Crippen LogP contribution < -0.4 is 5.32 Å². The summed E-state index contributed by atoms with van der Waals surface area (Å²) in [4.78, 5) is 5.63. The van der Waals surface area contributed by atoms with E-state index in [0.717, 1.165) is 24.8 Å². The first-order valence-corrected chi connectivity index (χ1v) is 7.52. The van der Waals surface area contributed by atoms with Gasteiger partial charge < -0.3 is 5.32 Å². The molecule has 1 aliphatic rings. The number of pyridine rings is 1.